The molecule has 1 saturated heterocycles. The first kappa shape index (κ1) is 13.1. The van der Waals surface area contributed by atoms with Gasteiger partial charge in [0.05, 0.1) is 0 Å². The SMILES string of the molecule is C=C(CNCC)CN1CCCC2CCCCC21. The average Bonchev–Trinajstić information content (AvgIpc) is 2.37. The molecule has 2 heteroatoms. The number of piperidine rings is 1. The average molecular weight is 236 g/mol. The van der Waals surface area contributed by atoms with Gasteiger partial charge in [-0.25, -0.2) is 0 Å². The van der Waals surface area contributed by atoms with Gasteiger partial charge in [-0.05, 0) is 50.3 Å². The molecule has 0 amide bonds. The monoisotopic (exact) mass is 236 g/mol. The molecule has 0 bridgehead atoms. The number of nitrogens with zero attached hydrogens (tertiary/aromatic N) is 1. The summed E-state index contributed by atoms with van der Waals surface area (Å²) >= 11 is 0. The van der Waals surface area contributed by atoms with Crippen molar-refractivity contribution in [3.8, 4) is 0 Å². The summed E-state index contributed by atoms with van der Waals surface area (Å²) in [6, 6.07) is 0.871. The van der Waals surface area contributed by atoms with Crippen LogP contribution in [0.5, 0.6) is 0 Å². The van der Waals surface area contributed by atoms with Crippen LogP contribution in [-0.4, -0.2) is 37.1 Å². The van der Waals surface area contributed by atoms with E-state index in [9.17, 15) is 0 Å². The maximum atomic E-state index is 4.22. The smallest absolute Gasteiger partial charge is 0.0205 e. The number of fused-ring (bicyclic) bond motifs is 1. The summed E-state index contributed by atoms with van der Waals surface area (Å²) in [4.78, 5) is 2.72. The fraction of sp³-hybridized carbons (Fsp3) is 0.867. The summed E-state index contributed by atoms with van der Waals surface area (Å²) in [7, 11) is 0. The third-order valence-corrected chi connectivity index (χ3v) is 4.41. The number of likely N-dealkylation sites (tertiary alicyclic amines) is 1. The van der Waals surface area contributed by atoms with E-state index >= 15 is 0 Å². The van der Waals surface area contributed by atoms with Crippen molar-refractivity contribution >= 4 is 0 Å². The molecule has 98 valence electrons. The maximum Gasteiger partial charge on any atom is 0.0205 e. The second kappa shape index (κ2) is 6.55. The van der Waals surface area contributed by atoms with Crippen LogP contribution in [0.3, 0.4) is 0 Å². The Morgan fingerprint density at radius 1 is 1.24 bits per heavy atom. The van der Waals surface area contributed by atoms with Crippen LogP contribution in [0.25, 0.3) is 0 Å². The summed E-state index contributed by atoms with van der Waals surface area (Å²) in [5.41, 5.74) is 1.36. The highest BCUT2D eigenvalue weighted by Gasteiger charge is 2.32. The lowest BCUT2D eigenvalue weighted by Crippen LogP contribution is -2.47. The molecule has 2 unspecified atom stereocenters. The lowest BCUT2D eigenvalue weighted by molar-refractivity contribution is 0.0687. The summed E-state index contributed by atoms with van der Waals surface area (Å²) in [5.74, 6) is 0.990. The van der Waals surface area contributed by atoms with E-state index in [0.29, 0.717) is 0 Å². The summed E-state index contributed by atoms with van der Waals surface area (Å²) < 4.78 is 0. The molecule has 2 fully saturated rings. The van der Waals surface area contributed by atoms with E-state index in [1.807, 2.05) is 0 Å². The Hall–Kier alpha value is -0.340. The Bertz CT molecular complexity index is 247. The highest BCUT2D eigenvalue weighted by molar-refractivity contribution is 5.02. The Labute approximate surface area is 106 Å². The minimum atomic E-state index is 0.871. The molecular weight excluding hydrogens is 208 g/mol. The van der Waals surface area contributed by atoms with E-state index in [0.717, 1.165) is 31.6 Å². The van der Waals surface area contributed by atoms with Crippen LogP contribution < -0.4 is 5.32 Å². The van der Waals surface area contributed by atoms with E-state index in [2.05, 4.69) is 23.7 Å². The van der Waals surface area contributed by atoms with E-state index in [1.165, 1.54) is 50.6 Å². The lowest BCUT2D eigenvalue weighted by Gasteiger charge is -2.44. The van der Waals surface area contributed by atoms with Crippen LogP contribution in [0.4, 0.5) is 0 Å². The molecule has 0 aromatic rings. The highest BCUT2D eigenvalue weighted by atomic mass is 15.2. The molecule has 1 heterocycles. The normalized spacial score (nSPS) is 29.9. The molecule has 17 heavy (non-hydrogen) atoms. The summed E-state index contributed by atoms with van der Waals surface area (Å²) in [6.45, 7) is 10.8. The number of hydrogen-bond acceptors (Lipinski definition) is 2. The summed E-state index contributed by atoms with van der Waals surface area (Å²) in [5, 5.41) is 3.38. The molecule has 0 radical (unpaired) electrons. The van der Waals surface area contributed by atoms with Gasteiger partial charge < -0.3 is 5.32 Å². The van der Waals surface area contributed by atoms with E-state index in [4.69, 9.17) is 0 Å². The first-order chi connectivity index (χ1) is 8.31. The third kappa shape index (κ3) is 3.56. The first-order valence-electron chi connectivity index (χ1n) is 7.42. The van der Waals surface area contributed by atoms with E-state index in [1.54, 1.807) is 0 Å². The predicted octanol–water partition coefficient (Wildman–Crippen LogP) is 2.81. The van der Waals surface area contributed by atoms with Crippen LogP contribution in [0.2, 0.25) is 0 Å². The summed E-state index contributed by atoms with van der Waals surface area (Å²) in [6.07, 6.45) is 8.68. The minimum Gasteiger partial charge on any atom is -0.313 e. The predicted molar refractivity (Wildman–Crippen MR) is 74.2 cm³/mol. The molecule has 1 aliphatic heterocycles. The van der Waals surface area contributed by atoms with Gasteiger partial charge in [-0.15, -0.1) is 0 Å². The second-order valence-corrected chi connectivity index (χ2v) is 5.75. The van der Waals surface area contributed by atoms with Crippen molar-refractivity contribution in [2.75, 3.05) is 26.2 Å². The minimum absolute atomic E-state index is 0.871. The largest absolute Gasteiger partial charge is 0.313 e. The topological polar surface area (TPSA) is 15.3 Å². The molecule has 2 rings (SSSR count). The van der Waals surface area contributed by atoms with Crippen LogP contribution in [-0.2, 0) is 0 Å². The van der Waals surface area contributed by atoms with Crippen molar-refractivity contribution in [3.63, 3.8) is 0 Å². The fourth-order valence-electron chi connectivity index (χ4n) is 3.57. The van der Waals surface area contributed by atoms with Gasteiger partial charge in [0.25, 0.3) is 0 Å². The van der Waals surface area contributed by atoms with Gasteiger partial charge in [0.1, 0.15) is 0 Å². The zero-order chi connectivity index (χ0) is 12.1. The third-order valence-electron chi connectivity index (χ3n) is 4.41. The first-order valence-corrected chi connectivity index (χ1v) is 7.42. The molecule has 1 saturated carbocycles. The Morgan fingerprint density at radius 3 is 2.82 bits per heavy atom. The number of rotatable bonds is 5. The van der Waals surface area contributed by atoms with Crippen molar-refractivity contribution in [1.29, 1.82) is 0 Å². The van der Waals surface area contributed by atoms with Gasteiger partial charge in [-0.2, -0.15) is 0 Å². The molecule has 0 aromatic heterocycles. The van der Waals surface area contributed by atoms with Crippen molar-refractivity contribution in [2.24, 2.45) is 5.92 Å². The van der Waals surface area contributed by atoms with E-state index in [-0.39, 0.29) is 0 Å². The van der Waals surface area contributed by atoms with Crippen LogP contribution in [0, 0.1) is 5.92 Å². The van der Waals surface area contributed by atoms with Gasteiger partial charge in [0.2, 0.25) is 0 Å². The number of likely N-dealkylation sites (N-methyl/N-ethyl adjacent to an activating group) is 1. The standard InChI is InChI=1S/C15H28N2/c1-3-16-11-13(2)12-17-10-6-8-14-7-4-5-9-15(14)17/h14-16H,2-12H2,1H3. The van der Waals surface area contributed by atoms with Crippen molar-refractivity contribution in [2.45, 2.75) is 51.5 Å². The number of nitrogens with one attached hydrogen (secondary N) is 1. The Morgan fingerprint density at radius 2 is 2.00 bits per heavy atom. The van der Waals surface area contributed by atoms with Crippen LogP contribution in [0.1, 0.15) is 45.4 Å². The zero-order valence-electron chi connectivity index (χ0n) is 11.4. The van der Waals surface area contributed by atoms with Gasteiger partial charge >= 0.3 is 0 Å². The molecule has 2 nitrogen and oxygen atoms in total. The van der Waals surface area contributed by atoms with Gasteiger partial charge in [0.15, 0.2) is 0 Å². The number of hydrogen-bond donors (Lipinski definition) is 1. The van der Waals surface area contributed by atoms with Crippen molar-refractivity contribution in [1.82, 2.24) is 10.2 Å². The molecular formula is C15H28N2. The highest BCUT2D eigenvalue weighted by Crippen LogP contribution is 2.35. The van der Waals surface area contributed by atoms with Crippen molar-refractivity contribution < 1.29 is 0 Å². The molecule has 1 aliphatic carbocycles. The van der Waals surface area contributed by atoms with Crippen LogP contribution in [0.15, 0.2) is 12.2 Å². The Kier molecular flexibility index (Phi) is 5.05. The quantitative estimate of drug-likeness (QED) is 0.738. The maximum absolute atomic E-state index is 4.22. The fourth-order valence-corrected chi connectivity index (χ4v) is 3.57. The Balaban J connectivity index is 1.83. The lowest BCUT2D eigenvalue weighted by atomic mass is 9.78. The van der Waals surface area contributed by atoms with Crippen molar-refractivity contribution in [3.05, 3.63) is 12.2 Å². The molecule has 0 spiro atoms. The molecule has 2 atom stereocenters. The molecule has 0 aromatic carbocycles. The molecule has 2 aliphatic rings. The van der Waals surface area contributed by atoms with Crippen LogP contribution >= 0.6 is 0 Å². The molecule has 1 N–H and O–H groups in total. The second-order valence-electron chi connectivity index (χ2n) is 5.75. The zero-order valence-corrected chi connectivity index (χ0v) is 11.4. The van der Waals surface area contributed by atoms with Gasteiger partial charge in [0, 0.05) is 19.1 Å². The van der Waals surface area contributed by atoms with Gasteiger partial charge in [-0.1, -0.05) is 26.3 Å². The van der Waals surface area contributed by atoms with E-state index < -0.39 is 0 Å². The van der Waals surface area contributed by atoms with Gasteiger partial charge in [-0.3, -0.25) is 4.90 Å².